The molecule has 9 heteroatoms. The molecule has 0 aliphatic carbocycles. The Labute approximate surface area is 175 Å². The fraction of sp³-hybridized carbons (Fsp3) is 0.550. The summed E-state index contributed by atoms with van der Waals surface area (Å²) >= 11 is 6.29. The Morgan fingerprint density at radius 3 is 2.52 bits per heavy atom. The second-order valence-electron chi connectivity index (χ2n) is 8.31. The highest BCUT2D eigenvalue weighted by molar-refractivity contribution is 6.34. The van der Waals surface area contributed by atoms with Crippen LogP contribution in [0.1, 0.15) is 40.0 Å². The number of hydrogen-bond acceptors (Lipinski definition) is 5. The lowest BCUT2D eigenvalue weighted by Crippen LogP contribution is -2.49. The van der Waals surface area contributed by atoms with Gasteiger partial charge in [0.2, 0.25) is 5.91 Å². The third kappa shape index (κ3) is 5.53. The molecule has 1 aromatic rings. The SMILES string of the molecule is CC(C)(C)OC(=O)N1CCC(Nc2ccc(Cl)c(N3CCC(=O)NC3=O)c2)CC1. The number of halogens is 1. The zero-order valence-electron chi connectivity index (χ0n) is 17.0. The number of hydrogen-bond donors (Lipinski definition) is 2. The third-order valence-corrected chi connectivity index (χ3v) is 5.13. The smallest absolute Gasteiger partial charge is 0.410 e. The van der Waals surface area contributed by atoms with Crippen molar-refractivity contribution in [2.45, 2.75) is 51.7 Å². The molecule has 0 spiro atoms. The number of carbonyl (C=O) groups is 3. The van der Waals surface area contributed by atoms with Crippen LogP contribution in [0.3, 0.4) is 0 Å². The van der Waals surface area contributed by atoms with Gasteiger partial charge in [-0.25, -0.2) is 9.59 Å². The summed E-state index contributed by atoms with van der Waals surface area (Å²) in [5.41, 5.74) is 0.898. The van der Waals surface area contributed by atoms with Gasteiger partial charge in [-0.05, 0) is 51.8 Å². The van der Waals surface area contributed by atoms with Crippen molar-refractivity contribution in [3.05, 3.63) is 23.2 Å². The van der Waals surface area contributed by atoms with Gasteiger partial charge in [0.15, 0.2) is 0 Å². The summed E-state index contributed by atoms with van der Waals surface area (Å²) in [5, 5.41) is 6.21. The molecule has 2 aliphatic rings. The van der Waals surface area contributed by atoms with Gasteiger partial charge in [0, 0.05) is 37.8 Å². The summed E-state index contributed by atoms with van der Waals surface area (Å²) < 4.78 is 5.43. The number of rotatable bonds is 3. The molecule has 8 nitrogen and oxygen atoms in total. The third-order valence-electron chi connectivity index (χ3n) is 4.81. The number of urea groups is 1. The number of anilines is 2. The fourth-order valence-corrected chi connectivity index (χ4v) is 3.59. The van der Waals surface area contributed by atoms with Gasteiger partial charge >= 0.3 is 12.1 Å². The highest BCUT2D eigenvalue weighted by Gasteiger charge is 2.28. The van der Waals surface area contributed by atoms with E-state index < -0.39 is 11.6 Å². The molecule has 0 radical (unpaired) electrons. The second kappa shape index (κ2) is 8.49. The molecule has 158 valence electrons. The summed E-state index contributed by atoms with van der Waals surface area (Å²) in [5.74, 6) is -0.284. The Bertz CT molecular complexity index is 800. The molecule has 2 heterocycles. The van der Waals surface area contributed by atoms with E-state index in [-0.39, 0.29) is 24.5 Å². The predicted octanol–water partition coefficient (Wildman–Crippen LogP) is 3.60. The maximum atomic E-state index is 12.2. The van der Waals surface area contributed by atoms with Crippen LogP contribution in [-0.2, 0) is 9.53 Å². The highest BCUT2D eigenvalue weighted by atomic mass is 35.5. The van der Waals surface area contributed by atoms with Crippen LogP contribution in [0.25, 0.3) is 0 Å². The van der Waals surface area contributed by atoms with E-state index >= 15 is 0 Å². The van der Waals surface area contributed by atoms with E-state index in [1.54, 1.807) is 11.0 Å². The minimum absolute atomic E-state index is 0.194. The van der Waals surface area contributed by atoms with E-state index in [0.29, 0.717) is 30.3 Å². The van der Waals surface area contributed by atoms with E-state index in [0.717, 1.165) is 18.5 Å². The fourth-order valence-electron chi connectivity index (χ4n) is 3.37. The van der Waals surface area contributed by atoms with Gasteiger partial charge in [-0.2, -0.15) is 0 Å². The molecule has 29 heavy (non-hydrogen) atoms. The van der Waals surface area contributed by atoms with Gasteiger partial charge in [0.05, 0.1) is 10.7 Å². The summed E-state index contributed by atoms with van der Waals surface area (Å²) in [6, 6.07) is 5.14. The molecule has 2 fully saturated rings. The zero-order valence-corrected chi connectivity index (χ0v) is 17.7. The topological polar surface area (TPSA) is 91.0 Å². The van der Waals surface area contributed by atoms with Crippen molar-refractivity contribution in [1.82, 2.24) is 10.2 Å². The number of benzene rings is 1. The van der Waals surface area contributed by atoms with Crippen molar-refractivity contribution in [3.63, 3.8) is 0 Å². The average molecular weight is 423 g/mol. The van der Waals surface area contributed by atoms with Gasteiger partial charge in [-0.3, -0.25) is 15.0 Å². The van der Waals surface area contributed by atoms with Gasteiger partial charge in [-0.15, -0.1) is 0 Å². The highest BCUT2D eigenvalue weighted by Crippen LogP contribution is 2.31. The van der Waals surface area contributed by atoms with E-state index in [1.807, 2.05) is 32.9 Å². The Morgan fingerprint density at radius 2 is 1.90 bits per heavy atom. The van der Waals surface area contributed by atoms with E-state index in [2.05, 4.69) is 10.6 Å². The molecule has 0 saturated carbocycles. The first kappa shape index (κ1) is 21.2. The van der Waals surface area contributed by atoms with Crippen molar-refractivity contribution in [3.8, 4) is 0 Å². The largest absolute Gasteiger partial charge is 0.444 e. The normalized spacial score (nSPS) is 18.5. The minimum Gasteiger partial charge on any atom is -0.444 e. The monoisotopic (exact) mass is 422 g/mol. The molecular formula is C20H27ClN4O4. The molecule has 0 aromatic heterocycles. The second-order valence-corrected chi connectivity index (χ2v) is 8.71. The van der Waals surface area contributed by atoms with Crippen LogP contribution in [0.15, 0.2) is 18.2 Å². The van der Waals surface area contributed by atoms with Gasteiger partial charge in [0.1, 0.15) is 5.60 Å². The number of likely N-dealkylation sites (tertiary alicyclic amines) is 1. The summed E-state index contributed by atoms with van der Waals surface area (Å²) in [4.78, 5) is 38.9. The molecular weight excluding hydrogens is 396 g/mol. The molecule has 1 aromatic carbocycles. The van der Waals surface area contributed by atoms with Crippen LogP contribution in [0, 0.1) is 0 Å². The molecule has 4 amide bonds. The summed E-state index contributed by atoms with van der Waals surface area (Å²) in [6.07, 6.45) is 1.53. The number of carbonyl (C=O) groups excluding carboxylic acids is 3. The molecule has 2 N–H and O–H groups in total. The Balaban J connectivity index is 1.60. The quantitative estimate of drug-likeness (QED) is 0.776. The number of nitrogens with one attached hydrogen (secondary N) is 2. The van der Waals surface area contributed by atoms with Crippen LogP contribution in [0.4, 0.5) is 21.0 Å². The zero-order chi connectivity index (χ0) is 21.2. The maximum Gasteiger partial charge on any atom is 0.410 e. The predicted molar refractivity (Wildman–Crippen MR) is 111 cm³/mol. The lowest BCUT2D eigenvalue weighted by molar-refractivity contribution is -0.120. The van der Waals surface area contributed by atoms with Crippen molar-refractivity contribution in [1.29, 1.82) is 0 Å². The maximum absolute atomic E-state index is 12.2. The number of imide groups is 1. The lowest BCUT2D eigenvalue weighted by Gasteiger charge is -2.34. The van der Waals surface area contributed by atoms with Crippen LogP contribution < -0.4 is 15.5 Å². The Morgan fingerprint density at radius 1 is 1.21 bits per heavy atom. The molecule has 3 rings (SSSR count). The molecule has 0 bridgehead atoms. The first-order valence-corrected chi connectivity index (χ1v) is 10.2. The van der Waals surface area contributed by atoms with Crippen molar-refractivity contribution in [2.75, 3.05) is 29.9 Å². The van der Waals surface area contributed by atoms with Crippen LogP contribution >= 0.6 is 11.6 Å². The first-order valence-electron chi connectivity index (χ1n) is 9.78. The molecule has 2 aliphatic heterocycles. The number of ether oxygens (including phenoxy) is 1. The van der Waals surface area contributed by atoms with E-state index in [9.17, 15) is 14.4 Å². The standard InChI is InChI=1S/C20H27ClN4O4/c1-20(2,3)29-19(28)24-9-6-13(7-10-24)22-14-4-5-15(21)16(12-14)25-11-8-17(26)23-18(25)27/h4-5,12-13,22H,6-11H2,1-3H3,(H,23,26,27). The average Bonchev–Trinajstić information content (AvgIpc) is 2.63. The first-order chi connectivity index (χ1) is 13.6. The van der Waals surface area contributed by atoms with Crippen molar-refractivity contribution >= 4 is 41.0 Å². The minimum atomic E-state index is -0.503. The van der Waals surface area contributed by atoms with Crippen LogP contribution in [0.2, 0.25) is 5.02 Å². The molecule has 2 saturated heterocycles. The van der Waals surface area contributed by atoms with Gasteiger partial charge in [-0.1, -0.05) is 11.6 Å². The van der Waals surface area contributed by atoms with Gasteiger partial charge < -0.3 is 15.0 Å². The van der Waals surface area contributed by atoms with E-state index in [4.69, 9.17) is 16.3 Å². The number of nitrogens with zero attached hydrogens (tertiary/aromatic N) is 2. The molecule has 0 atom stereocenters. The van der Waals surface area contributed by atoms with Gasteiger partial charge in [0.25, 0.3) is 0 Å². The molecule has 0 unspecified atom stereocenters. The summed E-state index contributed by atoms with van der Waals surface area (Å²) in [7, 11) is 0. The Kier molecular flexibility index (Phi) is 6.21. The number of piperidine rings is 1. The number of amides is 4. The van der Waals surface area contributed by atoms with E-state index in [1.165, 1.54) is 4.90 Å². The Hall–Kier alpha value is -2.48. The van der Waals surface area contributed by atoms with Crippen LogP contribution in [-0.4, -0.2) is 54.2 Å². The van der Waals surface area contributed by atoms with Crippen molar-refractivity contribution in [2.24, 2.45) is 0 Å². The lowest BCUT2D eigenvalue weighted by atomic mass is 10.0. The van der Waals surface area contributed by atoms with Crippen molar-refractivity contribution < 1.29 is 19.1 Å². The summed E-state index contributed by atoms with van der Waals surface area (Å²) in [6.45, 7) is 7.09. The van der Waals surface area contributed by atoms with Crippen LogP contribution in [0.5, 0.6) is 0 Å².